The summed E-state index contributed by atoms with van der Waals surface area (Å²) in [5, 5.41) is 0. The summed E-state index contributed by atoms with van der Waals surface area (Å²) in [5.41, 5.74) is 4.52. The SMILES string of the molecule is C=C=C(CCCCCCCCCCCCCCCCCCCCCC)N1CC[C@H](OCC)C1. The second-order valence-electron chi connectivity index (χ2n) is 10.4. The van der Waals surface area contributed by atoms with Crippen LogP contribution in [0.3, 0.4) is 0 Å². The average Bonchev–Trinajstić information content (AvgIpc) is 3.29. The lowest BCUT2D eigenvalue weighted by Crippen LogP contribution is -2.22. The van der Waals surface area contributed by atoms with Crippen molar-refractivity contribution in [3.63, 3.8) is 0 Å². The summed E-state index contributed by atoms with van der Waals surface area (Å²) in [6, 6.07) is 0. The summed E-state index contributed by atoms with van der Waals surface area (Å²) in [4.78, 5) is 2.45. The summed E-state index contributed by atoms with van der Waals surface area (Å²) >= 11 is 0. The fourth-order valence-corrected chi connectivity index (χ4v) is 5.25. The second-order valence-corrected chi connectivity index (χ2v) is 10.4. The first kappa shape index (κ1) is 30.3. The van der Waals surface area contributed by atoms with E-state index in [9.17, 15) is 0 Å². The largest absolute Gasteiger partial charge is 0.377 e. The first-order chi connectivity index (χ1) is 16.3. The number of unbranched alkanes of at least 4 members (excludes halogenated alkanes) is 19. The Balaban J connectivity index is 1.78. The van der Waals surface area contributed by atoms with E-state index in [1.807, 2.05) is 0 Å². The number of rotatable bonds is 24. The monoisotopic (exact) mass is 461 g/mol. The highest BCUT2D eigenvalue weighted by Gasteiger charge is 2.23. The summed E-state index contributed by atoms with van der Waals surface area (Å²) in [6.07, 6.45) is 31.5. The highest BCUT2D eigenvalue weighted by molar-refractivity contribution is 5.01. The maximum Gasteiger partial charge on any atom is 0.0766 e. The molecule has 194 valence electrons. The van der Waals surface area contributed by atoms with Gasteiger partial charge in [0.2, 0.25) is 0 Å². The number of nitrogens with zero attached hydrogens (tertiary/aromatic N) is 1. The molecule has 0 aromatic rings. The molecule has 1 heterocycles. The van der Waals surface area contributed by atoms with Gasteiger partial charge in [-0.2, -0.15) is 0 Å². The van der Waals surface area contributed by atoms with E-state index in [0.717, 1.165) is 32.5 Å². The van der Waals surface area contributed by atoms with Gasteiger partial charge in [0.05, 0.1) is 11.8 Å². The van der Waals surface area contributed by atoms with Gasteiger partial charge in [0, 0.05) is 19.7 Å². The Morgan fingerprint density at radius 3 is 1.52 bits per heavy atom. The molecular formula is C31H59NO. The van der Waals surface area contributed by atoms with Gasteiger partial charge < -0.3 is 9.64 Å². The number of hydrogen-bond acceptors (Lipinski definition) is 2. The van der Waals surface area contributed by atoms with Gasteiger partial charge in [-0.3, -0.25) is 0 Å². The smallest absolute Gasteiger partial charge is 0.0766 e. The minimum Gasteiger partial charge on any atom is -0.377 e. The topological polar surface area (TPSA) is 12.5 Å². The van der Waals surface area contributed by atoms with E-state index in [4.69, 9.17) is 4.74 Å². The molecule has 33 heavy (non-hydrogen) atoms. The standard InChI is InChI=1S/C31H59NO/c1-4-7-8-9-10-11-12-13-14-15-16-17-18-19-20-21-22-23-24-25-26-30(5-2)32-28-27-31(29-32)33-6-3/h31H,2,4,6-29H2,1,3H3/t31-/m0/s1. The Morgan fingerprint density at radius 1 is 0.697 bits per heavy atom. The van der Waals surface area contributed by atoms with Crippen LogP contribution in [0, 0.1) is 0 Å². The number of ether oxygens (including phenoxy) is 1. The minimum absolute atomic E-state index is 0.410. The van der Waals surface area contributed by atoms with Gasteiger partial charge in [0.1, 0.15) is 0 Å². The van der Waals surface area contributed by atoms with Gasteiger partial charge in [0.25, 0.3) is 0 Å². The molecule has 2 nitrogen and oxygen atoms in total. The van der Waals surface area contributed by atoms with E-state index in [1.54, 1.807) is 0 Å². The molecule has 0 unspecified atom stereocenters. The molecule has 1 aliphatic rings. The van der Waals surface area contributed by atoms with Crippen molar-refractivity contribution in [2.24, 2.45) is 0 Å². The molecule has 1 aliphatic heterocycles. The Labute approximate surface area is 208 Å². The van der Waals surface area contributed by atoms with Crippen LogP contribution >= 0.6 is 0 Å². The van der Waals surface area contributed by atoms with Gasteiger partial charge in [-0.15, -0.1) is 5.73 Å². The Kier molecular flexibility index (Phi) is 21.2. The van der Waals surface area contributed by atoms with Gasteiger partial charge in [-0.25, -0.2) is 0 Å². The van der Waals surface area contributed by atoms with Gasteiger partial charge >= 0.3 is 0 Å². The highest BCUT2D eigenvalue weighted by Crippen LogP contribution is 2.22. The van der Waals surface area contributed by atoms with Crippen LogP contribution in [0.4, 0.5) is 0 Å². The summed E-state index contributed by atoms with van der Waals surface area (Å²) in [7, 11) is 0. The summed E-state index contributed by atoms with van der Waals surface area (Å²) < 4.78 is 5.77. The van der Waals surface area contributed by atoms with E-state index < -0.39 is 0 Å². The third-order valence-electron chi connectivity index (χ3n) is 7.40. The second kappa shape index (κ2) is 23.0. The van der Waals surface area contributed by atoms with Crippen molar-refractivity contribution in [2.75, 3.05) is 19.7 Å². The van der Waals surface area contributed by atoms with Gasteiger partial charge in [-0.1, -0.05) is 135 Å². The molecular weight excluding hydrogens is 402 g/mol. The fourth-order valence-electron chi connectivity index (χ4n) is 5.25. The lowest BCUT2D eigenvalue weighted by molar-refractivity contribution is 0.0711. The molecule has 0 aromatic carbocycles. The molecule has 2 heteroatoms. The Morgan fingerprint density at radius 2 is 1.12 bits per heavy atom. The van der Waals surface area contributed by atoms with Crippen LogP contribution in [-0.4, -0.2) is 30.7 Å². The maximum absolute atomic E-state index is 5.77. The van der Waals surface area contributed by atoms with E-state index in [0.29, 0.717) is 6.10 Å². The van der Waals surface area contributed by atoms with Crippen LogP contribution < -0.4 is 0 Å². The lowest BCUT2D eigenvalue weighted by Gasteiger charge is -2.20. The molecule has 0 N–H and O–H groups in total. The van der Waals surface area contributed by atoms with Crippen molar-refractivity contribution in [1.29, 1.82) is 0 Å². The van der Waals surface area contributed by atoms with Crippen molar-refractivity contribution in [1.82, 2.24) is 4.90 Å². The van der Waals surface area contributed by atoms with Crippen LogP contribution in [0.15, 0.2) is 18.0 Å². The van der Waals surface area contributed by atoms with Gasteiger partial charge in [-0.05, 0) is 26.2 Å². The van der Waals surface area contributed by atoms with Crippen LogP contribution in [0.2, 0.25) is 0 Å². The average molecular weight is 462 g/mol. The Hall–Kier alpha value is -0.720. The quantitative estimate of drug-likeness (QED) is 0.105. The zero-order valence-electron chi connectivity index (χ0n) is 22.8. The van der Waals surface area contributed by atoms with Crippen LogP contribution in [-0.2, 0) is 4.74 Å². The molecule has 0 amide bonds. The van der Waals surface area contributed by atoms with E-state index in [-0.39, 0.29) is 0 Å². The van der Waals surface area contributed by atoms with Crippen LogP contribution in [0.1, 0.15) is 155 Å². The van der Waals surface area contributed by atoms with E-state index in [2.05, 4.69) is 31.1 Å². The molecule has 1 saturated heterocycles. The lowest BCUT2D eigenvalue weighted by atomic mass is 10.0. The molecule has 1 atom stereocenters. The Bertz CT molecular complexity index is 468. The molecule has 1 fully saturated rings. The van der Waals surface area contributed by atoms with Gasteiger partial charge in [0.15, 0.2) is 0 Å². The van der Waals surface area contributed by atoms with Crippen molar-refractivity contribution in [3.05, 3.63) is 18.0 Å². The zero-order chi connectivity index (χ0) is 23.8. The predicted molar refractivity (Wildman–Crippen MR) is 147 cm³/mol. The summed E-state index contributed by atoms with van der Waals surface area (Å²) in [6.45, 7) is 11.3. The van der Waals surface area contributed by atoms with Crippen molar-refractivity contribution >= 4 is 0 Å². The predicted octanol–water partition coefficient (Wildman–Crippen LogP) is 9.98. The molecule has 0 aromatic heterocycles. The van der Waals surface area contributed by atoms with Crippen molar-refractivity contribution in [2.45, 2.75) is 161 Å². The molecule has 0 bridgehead atoms. The molecule has 0 saturated carbocycles. The first-order valence-corrected chi connectivity index (χ1v) is 15.1. The van der Waals surface area contributed by atoms with E-state index >= 15 is 0 Å². The third-order valence-corrected chi connectivity index (χ3v) is 7.40. The molecule has 1 rings (SSSR count). The zero-order valence-corrected chi connectivity index (χ0v) is 22.8. The third kappa shape index (κ3) is 17.4. The summed E-state index contributed by atoms with van der Waals surface area (Å²) in [5.74, 6) is 0. The number of hydrogen-bond donors (Lipinski definition) is 0. The number of likely N-dealkylation sites (tertiary alicyclic amines) is 1. The first-order valence-electron chi connectivity index (χ1n) is 15.1. The van der Waals surface area contributed by atoms with Crippen LogP contribution in [0.25, 0.3) is 0 Å². The van der Waals surface area contributed by atoms with Crippen LogP contribution in [0.5, 0.6) is 0 Å². The van der Waals surface area contributed by atoms with Crippen molar-refractivity contribution in [3.8, 4) is 0 Å². The normalized spacial score (nSPS) is 15.8. The maximum atomic E-state index is 5.77. The molecule has 0 aliphatic carbocycles. The van der Waals surface area contributed by atoms with Crippen molar-refractivity contribution < 1.29 is 4.74 Å². The van der Waals surface area contributed by atoms with E-state index in [1.165, 1.54) is 134 Å². The highest BCUT2D eigenvalue weighted by atomic mass is 16.5. The molecule has 0 radical (unpaired) electrons. The minimum atomic E-state index is 0.410. The fraction of sp³-hybridized carbons (Fsp3) is 0.903. The molecule has 0 spiro atoms. The number of allylic oxidation sites excluding steroid dienone is 1.